The van der Waals surface area contributed by atoms with E-state index in [0.29, 0.717) is 6.04 Å². The van der Waals surface area contributed by atoms with Crippen LogP contribution in [0, 0.1) is 0 Å². The minimum absolute atomic E-state index is 0.596. The minimum Gasteiger partial charge on any atom is -0.317 e. The van der Waals surface area contributed by atoms with Crippen molar-refractivity contribution in [3.8, 4) is 0 Å². The molecule has 0 aromatic heterocycles. The van der Waals surface area contributed by atoms with Crippen LogP contribution in [0.5, 0.6) is 0 Å². The van der Waals surface area contributed by atoms with Gasteiger partial charge in [0, 0.05) is 19.1 Å². The van der Waals surface area contributed by atoms with Gasteiger partial charge in [0.15, 0.2) is 0 Å². The van der Waals surface area contributed by atoms with E-state index < -0.39 is 0 Å². The molecule has 0 aliphatic rings. The van der Waals surface area contributed by atoms with Gasteiger partial charge in [0.25, 0.3) is 0 Å². The van der Waals surface area contributed by atoms with Crippen LogP contribution >= 0.6 is 0 Å². The molecule has 0 amide bonds. The van der Waals surface area contributed by atoms with Gasteiger partial charge in [-0.2, -0.15) is 0 Å². The molecule has 0 rings (SSSR count). The molecule has 4 heteroatoms. The van der Waals surface area contributed by atoms with Crippen molar-refractivity contribution in [2.75, 3.05) is 45.8 Å². The average Bonchev–Trinajstić information content (AvgIpc) is 2.43. The first-order chi connectivity index (χ1) is 9.77. The predicted molar refractivity (Wildman–Crippen MR) is 90.4 cm³/mol. The summed E-state index contributed by atoms with van der Waals surface area (Å²) in [6, 6.07) is 0.596. The fourth-order valence-electron chi connectivity index (χ4n) is 1.78. The fourth-order valence-corrected chi connectivity index (χ4v) is 1.78. The summed E-state index contributed by atoms with van der Waals surface area (Å²) in [5, 5.41) is 13.7. The Bertz CT molecular complexity index is 205. The van der Waals surface area contributed by atoms with Gasteiger partial charge in [0.2, 0.25) is 0 Å². The zero-order chi connectivity index (χ0) is 14.9. The Labute approximate surface area is 126 Å². The lowest BCUT2D eigenvalue weighted by atomic mass is 10.3. The molecule has 0 radical (unpaired) electrons. The quantitative estimate of drug-likeness (QED) is 0.272. The van der Waals surface area contributed by atoms with Crippen molar-refractivity contribution in [2.24, 2.45) is 0 Å². The monoisotopic (exact) mass is 284 g/mol. The molecule has 0 atom stereocenters. The molecule has 0 unspecified atom stereocenters. The van der Waals surface area contributed by atoms with Crippen LogP contribution in [0.3, 0.4) is 0 Å². The van der Waals surface area contributed by atoms with Gasteiger partial charge in [-0.1, -0.05) is 32.9 Å². The molecule has 0 aliphatic carbocycles. The first-order valence-corrected chi connectivity index (χ1v) is 8.28. The van der Waals surface area contributed by atoms with E-state index in [1.807, 2.05) is 0 Å². The van der Waals surface area contributed by atoms with E-state index in [0.717, 1.165) is 45.8 Å². The maximum absolute atomic E-state index is 3.42. The maximum Gasteiger partial charge on any atom is 0.0135 e. The highest BCUT2D eigenvalue weighted by molar-refractivity contribution is 4.85. The zero-order valence-electron chi connectivity index (χ0n) is 13.8. The second kappa shape index (κ2) is 16.6. The van der Waals surface area contributed by atoms with Gasteiger partial charge >= 0.3 is 0 Å². The largest absolute Gasteiger partial charge is 0.317 e. The summed E-state index contributed by atoms with van der Waals surface area (Å²) in [5.41, 5.74) is 0. The van der Waals surface area contributed by atoms with Crippen LogP contribution in [0.2, 0.25) is 0 Å². The molecule has 0 aliphatic heterocycles. The van der Waals surface area contributed by atoms with Crippen LogP contribution in [-0.2, 0) is 0 Å². The van der Waals surface area contributed by atoms with Crippen LogP contribution in [0.4, 0.5) is 0 Å². The highest BCUT2D eigenvalue weighted by Gasteiger charge is 1.90. The highest BCUT2D eigenvalue weighted by Crippen LogP contribution is 1.80. The smallest absolute Gasteiger partial charge is 0.0135 e. The summed E-state index contributed by atoms with van der Waals surface area (Å²) in [5.74, 6) is 0. The molecule has 120 valence electrons. The molecule has 4 nitrogen and oxygen atoms in total. The lowest BCUT2D eigenvalue weighted by Gasteiger charge is -2.07. The van der Waals surface area contributed by atoms with Gasteiger partial charge in [0.1, 0.15) is 0 Å². The van der Waals surface area contributed by atoms with Gasteiger partial charge in [0.05, 0.1) is 0 Å². The van der Waals surface area contributed by atoms with Crippen molar-refractivity contribution in [2.45, 2.75) is 46.1 Å². The van der Waals surface area contributed by atoms with Gasteiger partial charge in [-0.3, -0.25) is 0 Å². The first-order valence-electron chi connectivity index (χ1n) is 8.28. The minimum atomic E-state index is 0.596. The summed E-state index contributed by atoms with van der Waals surface area (Å²) in [6.45, 7) is 14.1. The van der Waals surface area contributed by atoms with Gasteiger partial charge < -0.3 is 21.3 Å². The molecule has 0 aromatic rings. The molecule has 0 bridgehead atoms. The van der Waals surface area contributed by atoms with Crippen LogP contribution in [0.1, 0.15) is 40.0 Å². The Morgan fingerprint density at radius 3 is 1.85 bits per heavy atom. The van der Waals surface area contributed by atoms with Crippen molar-refractivity contribution >= 4 is 0 Å². The predicted octanol–water partition coefficient (Wildman–Crippen LogP) is 1.50. The molecule has 0 aromatic carbocycles. The third-order valence-corrected chi connectivity index (χ3v) is 2.91. The van der Waals surface area contributed by atoms with E-state index in [-0.39, 0.29) is 0 Å². The van der Waals surface area contributed by atoms with Crippen LogP contribution in [0.25, 0.3) is 0 Å². The molecule has 0 heterocycles. The zero-order valence-corrected chi connectivity index (χ0v) is 13.8. The summed E-state index contributed by atoms with van der Waals surface area (Å²) < 4.78 is 0. The second-order valence-electron chi connectivity index (χ2n) is 5.45. The second-order valence-corrected chi connectivity index (χ2v) is 5.45. The van der Waals surface area contributed by atoms with E-state index >= 15 is 0 Å². The average molecular weight is 284 g/mol. The number of nitrogens with one attached hydrogen (secondary N) is 4. The fraction of sp³-hybridized carbons (Fsp3) is 0.875. The van der Waals surface area contributed by atoms with Crippen molar-refractivity contribution in [1.82, 2.24) is 21.3 Å². The molecular formula is C16H36N4. The Kier molecular flexibility index (Phi) is 16.3. The standard InChI is InChI=1S/C16H36N4/c1-4-9-17-12-7-13-18-10-5-6-11-19-14-8-15-20-16(2)3/h5-6,16-20H,4,7-15H2,1-3H3/b6-5+. The molecule has 0 fully saturated rings. The SMILES string of the molecule is CCCNCCCNC/C=C/CNCCCNC(C)C. The van der Waals surface area contributed by atoms with Crippen LogP contribution in [0.15, 0.2) is 12.2 Å². The van der Waals surface area contributed by atoms with Crippen molar-refractivity contribution in [3.05, 3.63) is 12.2 Å². The third-order valence-electron chi connectivity index (χ3n) is 2.91. The van der Waals surface area contributed by atoms with E-state index in [1.165, 1.54) is 19.3 Å². The summed E-state index contributed by atoms with van der Waals surface area (Å²) in [6.07, 6.45) is 8.03. The molecular weight excluding hydrogens is 248 g/mol. The maximum atomic E-state index is 3.42. The number of hydrogen-bond acceptors (Lipinski definition) is 4. The first kappa shape index (κ1) is 19.6. The summed E-state index contributed by atoms with van der Waals surface area (Å²) >= 11 is 0. The Hall–Kier alpha value is -0.420. The lowest BCUT2D eigenvalue weighted by Crippen LogP contribution is -2.27. The van der Waals surface area contributed by atoms with Crippen molar-refractivity contribution < 1.29 is 0 Å². The molecule has 0 saturated heterocycles. The number of hydrogen-bond donors (Lipinski definition) is 4. The molecule has 0 spiro atoms. The Morgan fingerprint density at radius 1 is 0.750 bits per heavy atom. The van der Waals surface area contributed by atoms with Crippen molar-refractivity contribution in [1.29, 1.82) is 0 Å². The normalized spacial score (nSPS) is 11.8. The topological polar surface area (TPSA) is 48.1 Å². The van der Waals surface area contributed by atoms with Gasteiger partial charge in [-0.05, 0) is 52.0 Å². The van der Waals surface area contributed by atoms with Crippen LogP contribution in [-0.4, -0.2) is 51.9 Å². The third kappa shape index (κ3) is 17.6. The summed E-state index contributed by atoms with van der Waals surface area (Å²) in [4.78, 5) is 0. The Balaban J connectivity index is 3.05. The molecule has 4 N–H and O–H groups in total. The van der Waals surface area contributed by atoms with Gasteiger partial charge in [-0.25, -0.2) is 0 Å². The van der Waals surface area contributed by atoms with E-state index in [1.54, 1.807) is 0 Å². The van der Waals surface area contributed by atoms with E-state index in [9.17, 15) is 0 Å². The van der Waals surface area contributed by atoms with Gasteiger partial charge in [-0.15, -0.1) is 0 Å². The van der Waals surface area contributed by atoms with E-state index in [2.05, 4.69) is 54.2 Å². The van der Waals surface area contributed by atoms with Crippen LogP contribution < -0.4 is 21.3 Å². The van der Waals surface area contributed by atoms with Crippen molar-refractivity contribution in [3.63, 3.8) is 0 Å². The lowest BCUT2D eigenvalue weighted by molar-refractivity contribution is 0.556. The molecule has 20 heavy (non-hydrogen) atoms. The Morgan fingerprint density at radius 2 is 1.30 bits per heavy atom. The highest BCUT2D eigenvalue weighted by atomic mass is 14.9. The molecule has 0 saturated carbocycles. The summed E-state index contributed by atoms with van der Waals surface area (Å²) in [7, 11) is 0. The van der Waals surface area contributed by atoms with E-state index in [4.69, 9.17) is 0 Å². The number of rotatable bonds is 15.